The molecule has 1 saturated heterocycles. The Labute approximate surface area is 93.6 Å². The first-order chi connectivity index (χ1) is 7.58. The maximum Gasteiger partial charge on any atom is 0.244 e. The Morgan fingerprint density at radius 3 is 2.81 bits per heavy atom. The lowest BCUT2D eigenvalue weighted by Crippen LogP contribution is -2.31. The van der Waals surface area contributed by atoms with E-state index >= 15 is 0 Å². The molecule has 0 saturated carbocycles. The molecule has 1 amide bonds. The molecule has 0 radical (unpaired) electrons. The number of likely N-dealkylation sites (tertiary alicyclic amines) is 1. The predicted molar refractivity (Wildman–Crippen MR) is 62.7 cm³/mol. The second kappa shape index (κ2) is 3.88. The van der Waals surface area contributed by atoms with Crippen molar-refractivity contribution in [1.29, 1.82) is 0 Å². The Morgan fingerprint density at radius 2 is 2.25 bits per heavy atom. The van der Waals surface area contributed by atoms with E-state index in [4.69, 9.17) is 11.5 Å². The third kappa shape index (κ3) is 1.86. The van der Waals surface area contributed by atoms with Crippen LogP contribution < -0.4 is 16.8 Å². The number of carbonyl (C=O) groups is 1. The third-order valence-electron chi connectivity index (χ3n) is 2.71. The van der Waals surface area contributed by atoms with E-state index in [1.165, 1.54) is 0 Å². The summed E-state index contributed by atoms with van der Waals surface area (Å²) in [7, 11) is 1.79. The summed E-state index contributed by atoms with van der Waals surface area (Å²) >= 11 is 0. The highest BCUT2D eigenvalue weighted by Gasteiger charge is 2.28. The maximum absolute atomic E-state index is 11.6. The van der Waals surface area contributed by atoms with Gasteiger partial charge in [0.05, 0.1) is 5.69 Å². The van der Waals surface area contributed by atoms with Gasteiger partial charge in [-0.25, -0.2) is 4.98 Å². The fourth-order valence-corrected chi connectivity index (χ4v) is 1.70. The van der Waals surface area contributed by atoms with Crippen LogP contribution in [-0.2, 0) is 4.79 Å². The molecule has 86 valence electrons. The molecule has 1 aromatic heterocycles. The minimum absolute atomic E-state index is 0.0807. The lowest BCUT2D eigenvalue weighted by molar-refractivity contribution is -0.127. The molecule has 0 aliphatic carbocycles. The number of nitrogens with zero attached hydrogens (tertiary/aromatic N) is 2. The summed E-state index contributed by atoms with van der Waals surface area (Å²) in [6.07, 6.45) is 0.779. The van der Waals surface area contributed by atoms with Crippen molar-refractivity contribution in [2.45, 2.75) is 12.5 Å². The molecule has 0 aromatic carbocycles. The van der Waals surface area contributed by atoms with Gasteiger partial charge in [0.15, 0.2) is 0 Å². The lowest BCUT2D eigenvalue weighted by atomic mass is 10.2. The zero-order valence-electron chi connectivity index (χ0n) is 9.10. The molecular weight excluding hydrogens is 206 g/mol. The third-order valence-corrected chi connectivity index (χ3v) is 2.71. The molecule has 6 heteroatoms. The van der Waals surface area contributed by atoms with Crippen LogP contribution in [0, 0.1) is 0 Å². The van der Waals surface area contributed by atoms with E-state index in [1.807, 2.05) is 0 Å². The highest BCUT2D eigenvalue weighted by Crippen LogP contribution is 2.18. The second-order valence-corrected chi connectivity index (χ2v) is 3.92. The van der Waals surface area contributed by atoms with Crippen LogP contribution in [0.3, 0.4) is 0 Å². The summed E-state index contributed by atoms with van der Waals surface area (Å²) in [6, 6.07) is 3.19. The van der Waals surface area contributed by atoms with E-state index in [1.54, 1.807) is 24.1 Å². The number of hydrogen-bond acceptors (Lipinski definition) is 5. The Balaban J connectivity index is 2.10. The van der Waals surface area contributed by atoms with Crippen molar-refractivity contribution in [2.75, 3.05) is 30.4 Å². The van der Waals surface area contributed by atoms with E-state index in [9.17, 15) is 4.79 Å². The van der Waals surface area contributed by atoms with E-state index < -0.39 is 0 Å². The SMILES string of the molecule is CN1CCC(Nc2ccc(N)c(N)n2)C1=O. The quantitative estimate of drug-likeness (QED) is 0.647. The molecule has 1 atom stereocenters. The summed E-state index contributed by atoms with van der Waals surface area (Å²) in [4.78, 5) is 17.4. The van der Waals surface area contributed by atoms with Crippen LogP contribution >= 0.6 is 0 Å². The molecule has 2 rings (SSSR count). The predicted octanol–water partition coefficient (Wildman–Crippen LogP) is -0.111. The fourth-order valence-electron chi connectivity index (χ4n) is 1.70. The highest BCUT2D eigenvalue weighted by atomic mass is 16.2. The number of rotatable bonds is 2. The number of amides is 1. The van der Waals surface area contributed by atoms with Crippen molar-refractivity contribution in [3.8, 4) is 0 Å². The number of hydrogen-bond donors (Lipinski definition) is 3. The number of likely N-dealkylation sites (N-methyl/N-ethyl adjacent to an activating group) is 1. The van der Waals surface area contributed by atoms with Crippen LogP contribution in [-0.4, -0.2) is 35.4 Å². The van der Waals surface area contributed by atoms with Gasteiger partial charge < -0.3 is 21.7 Å². The van der Waals surface area contributed by atoms with Gasteiger partial charge in [-0.3, -0.25) is 4.79 Å². The molecule has 16 heavy (non-hydrogen) atoms. The van der Waals surface area contributed by atoms with Crippen molar-refractivity contribution in [3.05, 3.63) is 12.1 Å². The molecule has 1 unspecified atom stereocenters. The first-order valence-electron chi connectivity index (χ1n) is 5.11. The van der Waals surface area contributed by atoms with Gasteiger partial charge in [-0.2, -0.15) is 0 Å². The van der Waals surface area contributed by atoms with Gasteiger partial charge in [0.2, 0.25) is 5.91 Å². The minimum Gasteiger partial charge on any atom is -0.396 e. The topological polar surface area (TPSA) is 97.3 Å². The highest BCUT2D eigenvalue weighted by molar-refractivity contribution is 5.86. The van der Waals surface area contributed by atoms with Crippen LogP contribution in [0.4, 0.5) is 17.3 Å². The summed E-state index contributed by atoms with van der Waals surface area (Å²) < 4.78 is 0. The first kappa shape index (κ1) is 10.5. The Bertz CT molecular complexity index is 420. The van der Waals surface area contributed by atoms with Crippen molar-refractivity contribution in [3.63, 3.8) is 0 Å². The first-order valence-corrected chi connectivity index (χ1v) is 5.11. The number of aromatic nitrogens is 1. The Hall–Kier alpha value is -1.98. The molecule has 1 aromatic rings. The van der Waals surface area contributed by atoms with Gasteiger partial charge in [-0.15, -0.1) is 0 Å². The van der Waals surface area contributed by atoms with Crippen LogP contribution in [0.5, 0.6) is 0 Å². The van der Waals surface area contributed by atoms with Gasteiger partial charge in [-0.1, -0.05) is 0 Å². The van der Waals surface area contributed by atoms with Crippen molar-refractivity contribution < 1.29 is 4.79 Å². The number of pyridine rings is 1. The van der Waals surface area contributed by atoms with Crippen molar-refractivity contribution in [1.82, 2.24) is 9.88 Å². The molecule has 0 spiro atoms. The van der Waals surface area contributed by atoms with Crippen LogP contribution in [0.2, 0.25) is 0 Å². The summed E-state index contributed by atoms with van der Waals surface area (Å²) in [6.45, 7) is 0.765. The zero-order chi connectivity index (χ0) is 11.7. The molecule has 1 fully saturated rings. The van der Waals surface area contributed by atoms with Crippen molar-refractivity contribution >= 4 is 23.2 Å². The number of anilines is 3. The zero-order valence-corrected chi connectivity index (χ0v) is 9.10. The Morgan fingerprint density at radius 1 is 1.50 bits per heavy atom. The van der Waals surface area contributed by atoms with E-state index in [0.29, 0.717) is 11.5 Å². The molecule has 1 aliphatic rings. The van der Waals surface area contributed by atoms with Gasteiger partial charge in [-0.05, 0) is 18.6 Å². The molecule has 1 aliphatic heterocycles. The minimum atomic E-state index is -0.208. The number of nitrogen functional groups attached to an aromatic ring is 2. The molecule has 0 bridgehead atoms. The molecule has 5 N–H and O–H groups in total. The average Bonchev–Trinajstić information content (AvgIpc) is 2.55. The summed E-state index contributed by atoms with van der Waals surface area (Å²) in [5.74, 6) is 0.946. The number of carbonyl (C=O) groups excluding carboxylic acids is 1. The fraction of sp³-hybridized carbons (Fsp3) is 0.400. The van der Waals surface area contributed by atoms with Crippen LogP contribution in [0.1, 0.15) is 6.42 Å². The van der Waals surface area contributed by atoms with Gasteiger partial charge in [0.25, 0.3) is 0 Å². The van der Waals surface area contributed by atoms with Crippen molar-refractivity contribution in [2.24, 2.45) is 0 Å². The average molecular weight is 221 g/mol. The Kier molecular flexibility index (Phi) is 2.55. The molecule has 2 heterocycles. The van der Waals surface area contributed by atoms with Crippen LogP contribution in [0.25, 0.3) is 0 Å². The van der Waals surface area contributed by atoms with Gasteiger partial charge >= 0.3 is 0 Å². The smallest absolute Gasteiger partial charge is 0.244 e. The van der Waals surface area contributed by atoms with E-state index in [2.05, 4.69) is 10.3 Å². The van der Waals surface area contributed by atoms with E-state index in [-0.39, 0.29) is 17.8 Å². The standard InChI is InChI=1S/C10H15N5O/c1-15-5-4-7(10(15)16)13-8-3-2-6(11)9(12)14-8/h2-3,7H,4-5,11H2,1H3,(H3,12,13,14). The normalized spacial score (nSPS) is 20.2. The summed E-state index contributed by atoms with van der Waals surface area (Å²) in [5, 5.41) is 3.05. The lowest BCUT2D eigenvalue weighted by Gasteiger charge is -2.13. The largest absolute Gasteiger partial charge is 0.396 e. The summed E-state index contributed by atoms with van der Waals surface area (Å²) in [5.41, 5.74) is 11.6. The number of nitrogens with two attached hydrogens (primary N) is 2. The second-order valence-electron chi connectivity index (χ2n) is 3.92. The monoisotopic (exact) mass is 221 g/mol. The molecular formula is C10H15N5O. The van der Waals surface area contributed by atoms with Gasteiger partial charge in [0, 0.05) is 13.6 Å². The molecule has 6 nitrogen and oxygen atoms in total. The van der Waals surface area contributed by atoms with E-state index in [0.717, 1.165) is 13.0 Å². The number of nitrogens with one attached hydrogen (secondary N) is 1. The maximum atomic E-state index is 11.6. The van der Waals surface area contributed by atoms with Crippen LogP contribution in [0.15, 0.2) is 12.1 Å². The van der Waals surface area contributed by atoms with Gasteiger partial charge in [0.1, 0.15) is 17.7 Å².